The average molecular weight is 432 g/mol. The molecule has 4 N–H and O–H groups in total. The molecule has 0 aromatic heterocycles. The third-order valence-electron chi connectivity index (χ3n) is 4.13. The molecule has 0 unspecified atom stereocenters. The number of nitrogens with one attached hydrogen (secondary N) is 3. The summed E-state index contributed by atoms with van der Waals surface area (Å²) < 4.78 is -0.352. The number of para-hydroxylation sites is 2. The molecule has 1 aliphatic rings. The first kappa shape index (κ1) is 20.9. The van der Waals surface area contributed by atoms with Crippen LogP contribution in [0.4, 0.5) is 21.0 Å². The molecule has 0 bridgehead atoms. The molecule has 2 aromatic rings. The second-order valence-electron chi connectivity index (χ2n) is 6.79. The topological polar surface area (TPSA) is 96.9 Å². The van der Waals surface area contributed by atoms with E-state index in [0.29, 0.717) is 20.8 Å². The molecule has 3 rings (SSSR count). The lowest BCUT2D eigenvalue weighted by Gasteiger charge is -2.36. The number of thioether (sulfide) groups is 1. The zero-order valence-corrected chi connectivity index (χ0v) is 17.5. The monoisotopic (exact) mass is 431 g/mol. The lowest BCUT2D eigenvalue weighted by atomic mass is 10.1. The molecule has 0 radical (unpaired) electrons. The number of urea groups is 2. The van der Waals surface area contributed by atoms with Gasteiger partial charge in [-0.3, -0.25) is 5.21 Å². The van der Waals surface area contributed by atoms with Crippen LogP contribution in [0.1, 0.15) is 13.8 Å². The minimum Gasteiger partial charge on any atom is -0.307 e. The second-order valence-corrected chi connectivity index (χ2v) is 9.08. The van der Waals surface area contributed by atoms with Crippen LogP contribution in [0.25, 0.3) is 0 Å². The number of hydrogen-bond donors (Lipinski definition) is 4. The van der Waals surface area contributed by atoms with Crippen LogP contribution in [-0.2, 0) is 0 Å². The smallest absolute Gasteiger partial charge is 0.307 e. The molecule has 1 saturated heterocycles. The summed E-state index contributed by atoms with van der Waals surface area (Å²) in [6.45, 7) is 3.65. The van der Waals surface area contributed by atoms with E-state index in [9.17, 15) is 14.8 Å². The van der Waals surface area contributed by atoms with E-state index in [1.165, 1.54) is 16.8 Å². The minimum absolute atomic E-state index is 0.328. The van der Waals surface area contributed by atoms with Crippen LogP contribution < -0.4 is 16.1 Å². The lowest BCUT2D eigenvalue weighted by Crippen LogP contribution is -2.60. The van der Waals surface area contributed by atoms with Gasteiger partial charge in [-0.25, -0.2) is 20.0 Å². The van der Waals surface area contributed by atoms with Gasteiger partial charge in [-0.05, 0) is 38.1 Å². The Bertz CT molecular complexity index is 895. The Balaban J connectivity index is 1.73. The standard InChI is InChI=1S/C19H21N5O3S2/c1-19(2)15(24(27)17(26)21-14-11-7-4-8-12-14)23(18(28)29-19)22-16(25)20-13-9-5-3-6-10-13/h3-12,15,27H,1-2H3,(H,21,26)(H2,20,22,25)/t15-/m1/s1. The Kier molecular flexibility index (Phi) is 6.26. The van der Waals surface area contributed by atoms with Crippen molar-refractivity contribution in [1.29, 1.82) is 0 Å². The van der Waals surface area contributed by atoms with Crippen LogP contribution in [0.5, 0.6) is 0 Å². The number of hydrogen-bond acceptors (Lipinski definition) is 5. The molecule has 152 valence electrons. The fraction of sp³-hybridized carbons (Fsp3) is 0.211. The number of benzene rings is 2. The van der Waals surface area contributed by atoms with E-state index in [1.54, 1.807) is 48.5 Å². The van der Waals surface area contributed by atoms with E-state index in [0.717, 1.165) is 0 Å². The van der Waals surface area contributed by atoms with Gasteiger partial charge < -0.3 is 10.6 Å². The first-order valence-corrected chi connectivity index (χ1v) is 9.99. The van der Waals surface area contributed by atoms with Gasteiger partial charge in [0, 0.05) is 11.4 Å². The van der Waals surface area contributed by atoms with Crippen LogP contribution in [0, 0.1) is 0 Å². The van der Waals surface area contributed by atoms with Crippen LogP contribution in [0.15, 0.2) is 60.7 Å². The summed E-state index contributed by atoms with van der Waals surface area (Å²) in [4.78, 5) is 25.0. The van der Waals surface area contributed by atoms with E-state index < -0.39 is 23.0 Å². The van der Waals surface area contributed by atoms with Gasteiger partial charge in [0.1, 0.15) is 0 Å². The van der Waals surface area contributed by atoms with Gasteiger partial charge in [-0.2, -0.15) is 5.06 Å². The Morgan fingerprint density at radius 3 is 2.10 bits per heavy atom. The first-order chi connectivity index (χ1) is 13.8. The highest BCUT2D eigenvalue weighted by molar-refractivity contribution is 8.24. The average Bonchev–Trinajstić information content (AvgIpc) is 2.90. The van der Waals surface area contributed by atoms with E-state index in [4.69, 9.17) is 12.2 Å². The second kappa shape index (κ2) is 8.68. The predicted molar refractivity (Wildman–Crippen MR) is 118 cm³/mol. The molecule has 29 heavy (non-hydrogen) atoms. The fourth-order valence-electron chi connectivity index (χ4n) is 2.85. The van der Waals surface area contributed by atoms with Crippen molar-refractivity contribution >= 4 is 51.7 Å². The van der Waals surface area contributed by atoms with Crippen molar-refractivity contribution in [1.82, 2.24) is 15.5 Å². The summed E-state index contributed by atoms with van der Waals surface area (Å²) in [5, 5.41) is 17.8. The van der Waals surface area contributed by atoms with E-state index in [-0.39, 0.29) is 0 Å². The predicted octanol–water partition coefficient (Wildman–Crippen LogP) is 4.08. The summed E-state index contributed by atoms with van der Waals surface area (Å²) in [7, 11) is 0. The third kappa shape index (κ3) is 4.97. The Morgan fingerprint density at radius 2 is 1.55 bits per heavy atom. The summed E-state index contributed by atoms with van der Waals surface area (Å²) in [5.74, 6) is 0. The number of anilines is 2. The van der Waals surface area contributed by atoms with Gasteiger partial charge in [-0.15, -0.1) is 0 Å². The molecule has 1 heterocycles. The molecule has 8 nitrogen and oxygen atoms in total. The van der Waals surface area contributed by atoms with Crippen LogP contribution in [-0.4, -0.2) is 42.6 Å². The maximum atomic E-state index is 12.6. The van der Waals surface area contributed by atoms with Crippen molar-refractivity contribution in [3.05, 3.63) is 60.7 Å². The van der Waals surface area contributed by atoms with Gasteiger partial charge in [0.25, 0.3) is 0 Å². The van der Waals surface area contributed by atoms with Gasteiger partial charge >= 0.3 is 12.1 Å². The van der Waals surface area contributed by atoms with Crippen LogP contribution >= 0.6 is 24.0 Å². The van der Waals surface area contributed by atoms with Crippen LogP contribution in [0.3, 0.4) is 0 Å². The number of rotatable bonds is 4. The number of carbonyl (C=O) groups is 2. The summed E-state index contributed by atoms with van der Waals surface area (Å²) >= 11 is 6.63. The molecule has 0 saturated carbocycles. The maximum absolute atomic E-state index is 12.6. The molecule has 1 atom stereocenters. The molecular formula is C19H21N5O3S2. The highest BCUT2D eigenvalue weighted by Crippen LogP contribution is 2.41. The highest BCUT2D eigenvalue weighted by Gasteiger charge is 2.50. The molecule has 1 aliphatic heterocycles. The van der Waals surface area contributed by atoms with Gasteiger partial charge in [-0.1, -0.05) is 60.4 Å². The molecule has 10 heteroatoms. The van der Waals surface area contributed by atoms with Crippen molar-refractivity contribution in [3.63, 3.8) is 0 Å². The van der Waals surface area contributed by atoms with Crippen LogP contribution in [0.2, 0.25) is 0 Å². The molecule has 0 aliphatic carbocycles. The molecule has 1 fully saturated rings. The van der Waals surface area contributed by atoms with E-state index >= 15 is 0 Å². The minimum atomic E-state index is -0.926. The molecule has 4 amide bonds. The van der Waals surface area contributed by atoms with Gasteiger partial charge in [0.15, 0.2) is 10.5 Å². The Labute approximate surface area is 178 Å². The van der Waals surface area contributed by atoms with Gasteiger partial charge in [0.2, 0.25) is 0 Å². The van der Waals surface area contributed by atoms with E-state index in [1.807, 2.05) is 26.0 Å². The number of nitrogens with zero attached hydrogens (tertiary/aromatic N) is 2. The number of amides is 4. The third-order valence-corrected chi connectivity index (χ3v) is 5.69. The maximum Gasteiger partial charge on any atom is 0.347 e. The van der Waals surface area contributed by atoms with Crippen molar-refractivity contribution in [2.75, 3.05) is 10.6 Å². The zero-order valence-electron chi connectivity index (χ0n) is 15.8. The van der Waals surface area contributed by atoms with Crippen molar-refractivity contribution < 1.29 is 14.8 Å². The lowest BCUT2D eigenvalue weighted by molar-refractivity contribution is -0.120. The number of hydrazine groups is 1. The SMILES string of the molecule is CC1(C)SC(=S)N(NC(=O)Nc2ccccc2)[C@@H]1N(O)C(=O)Nc1ccccc1. The van der Waals surface area contributed by atoms with Crippen molar-refractivity contribution in [2.45, 2.75) is 24.8 Å². The molecule has 0 spiro atoms. The number of hydroxylamine groups is 2. The number of carbonyl (C=O) groups excluding carboxylic acids is 2. The van der Waals surface area contributed by atoms with Crippen molar-refractivity contribution in [2.24, 2.45) is 0 Å². The fourth-order valence-corrected chi connectivity index (χ4v) is 4.65. The largest absolute Gasteiger partial charge is 0.347 e. The van der Waals surface area contributed by atoms with E-state index in [2.05, 4.69) is 16.1 Å². The highest BCUT2D eigenvalue weighted by atomic mass is 32.2. The Morgan fingerprint density at radius 1 is 1.03 bits per heavy atom. The summed E-state index contributed by atoms with van der Waals surface area (Å²) in [6.07, 6.45) is -0.926. The molecule has 2 aromatic carbocycles. The zero-order chi connectivity index (χ0) is 21.0. The Hall–Kier alpha value is -2.82. The normalized spacial score (nSPS) is 17.6. The van der Waals surface area contributed by atoms with Crippen molar-refractivity contribution in [3.8, 4) is 0 Å². The molecular weight excluding hydrogens is 410 g/mol. The quantitative estimate of drug-likeness (QED) is 0.331. The number of thiocarbonyl (C=S) groups is 1. The summed E-state index contributed by atoms with van der Waals surface area (Å²) in [6, 6.07) is 16.4. The summed E-state index contributed by atoms with van der Waals surface area (Å²) in [5.41, 5.74) is 3.75. The van der Waals surface area contributed by atoms with Gasteiger partial charge in [0.05, 0.1) is 4.75 Å². The first-order valence-electron chi connectivity index (χ1n) is 8.77.